The fourth-order valence-corrected chi connectivity index (χ4v) is 1.73. The molecule has 1 saturated heterocycles. The Labute approximate surface area is 84.5 Å². The first-order valence-electron chi connectivity index (χ1n) is 5.10. The van der Waals surface area contributed by atoms with Gasteiger partial charge < -0.3 is 4.74 Å². The standard InChI is InChI=1S/C11H16N2O/c1-2-14-10-6-4-3-5-9(10)11-12-7-8-13-11/h3-6,11-13H,2,7-8H2,1H3. The van der Waals surface area contributed by atoms with Gasteiger partial charge in [-0.05, 0) is 13.0 Å². The van der Waals surface area contributed by atoms with Gasteiger partial charge in [-0.25, -0.2) is 0 Å². The van der Waals surface area contributed by atoms with Crippen LogP contribution < -0.4 is 15.4 Å². The molecular weight excluding hydrogens is 176 g/mol. The lowest BCUT2D eigenvalue weighted by Crippen LogP contribution is -2.21. The monoisotopic (exact) mass is 192 g/mol. The molecule has 0 aromatic heterocycles. The first-order valence-corrected chi connectivity index (χ1v) is 5.10. The van der Waals surface area contributed by atoms with E-state index in [1.165, 1.54) is 5.56 Å². The van der Waals surface area contributed by atoms with Crippen LogP contribution in [0.1, 0.15) is 18.7 Å². The van der Waals surface area contributed by atoms with E-state index in [1.807, 2.05) is 25.1 Å². The van der Waals surface area contributed by atoms with Crippen molar-refractivity contribution in [3.63, 3.8) is 0 Å². The van der Waals surface area contributed by atoms with E-state index in [0.717, 1.165) is 18.8 Å². The molecule has 0 unspecified atom stereocenters. The number of ether oxygens (including phenoxy) is 1. The van der Waals surface area contributed by atoms with Gasteiger partial charge in [-0.2, -0.15) is 0 Å². The molecule has 0 saturated carbocycles. The largest absolute Gasteiger partial charge is 0.493 e. The minimum Gasteiger partial charge on any atom is -0.493 e. The van der Waals surface area contributed by atoms with Crippen molar-refractivity contribution in [1.82, 2.24) is 10.6 Å². The van der Waals surface area contributed by atoms with E-state index in [9.17, 15) is 0 Å². The number of benzene rings is 1. The van der Waals surface area contributed by atoms with E-state index in [1.54, 1.807) is 0 Å². The van der Waals surface area contributed by atoms with Gasteiger partial charge in [0.1, 0.15) is 5.75 Å². The maximum Gasteiger partial charge on any atom is 0.125 e. The second kappa shape index (κ2) is 4.44. The smallest absolute Gasteiger partial charge is 0.125 e. The Balaban J connectivity index is 2.21. The first-order chi connectivity index (χ1) is 6.92. The summed E-state index contributed by atoms with van der Waals surface area (Å²) < 4.78 is 5.57. The molecule has 2 rings (SSSR count). The summed E-state index contributed by atoms with van der Waals surface area (Å²) in [4.78, 5) is 0. The summed E-state index contributed by atoms with van der Waals surface area (Å²) in [7, 11) is 0. The fourth-order valence-electron chi connectivity index (χ4n) is 1.73. The van der Waals surface area contributed by atoms with Crippen LogP contribution in [0.4, 0.5) is 0 Å². The first kappa shape index (κ1) is 9.49. The average molecular weight is 192 g/mol. The summed E-state index contributed by atoms with van der Waals surface area (Å²) >= 11 is 0. The lowest BCUT2D eigenvalue weighted by molar-refractivity contribution is 0.331. The van der Waals surface area contributed by atoms with Crippen molar-refractivity contribution in [3.05, 3.63) is 29.8 Å². The van der Waals surface area contributed by atoms with Crippen LogP contribution in [-0.2, 0) is 0 Å². The highest BCUT2D eigenvalue weighted by Gasteiger charge is 2.18. The fraction of sp³-hybridized carbons (Fsp3) is 0.455. The summed E-state index contributed by atoms with van der Waals surface area (Å²) in [6.45, 7) is 4.76. The van der Waals surface area contributed by atoms with Gasteiger partial charge >= 0.3 is 0 Å². The Bertz CT molecular complexity index is 295. The summed E-state index contributed by atoms with van der Waals surface area (Å²) in [5.74, 6) is 0.974. The molecule has 3 heteroatoms. The highest BCUT2D eigenvalue weighted by molar-refractivity contribution is 5.36. The maximum atomic E-state index is 5.57. The van der Waals surface area contributed by atoms with Crippen LogP contribution in [0.3, 0.4) is 0 Å². The van der Waals surface area contributed by atoms with Crippen molar-refractivity contribution in [2.45, 2.75) is 13.1 Å². The molecule has 1 aliphatic heterocycles. The Morgan fingerprint density at radius 1 is 1.29 bits per heavy atom. The number of nitrogens with one attached hydrogen (secondary N) is 2. The van der Waals surface area contributed by atoms with Gasteiger partial charge in [0.15, 0.2) is 0 Å². The number of para-hydroxylation sites is 1. The minimum absolute atomic E-state index is 0.248. The lowest BCUT2D eigenvalue weighted by atomic mass is 10.1. The van der Waals surface area contributed by atoms with Gasteiger partial charge in [0, 0.05) is 18.7 Å². The van der Waals surface area contributed by atoms with Crippen molar-refractivity contribution in [3.8, 4) is 5.75 Å². The third kappa shape index (κ3) is 1.89. The zero-order valence-corrected chi connectivity index (χ0v) is 8.42. The Morgan fingerprint density at radius 3 is 2.71 bits per heavy atom. The Morgan fingerprint density at radius 2 is 2.00 bits per heavy atom. The number of hydrogen-bond acceptors (Lipinski definition) is 3. The van der Waals surface area contributed by atoms with Gasteiger partial charge in [0.2, 0.25) is 0 Å². The van der Waals surface area contributed by atoms with Crippen LogP contribution in [0.15, 0.2) is 24.3 Å². The molecule has 0 radical (unpaired) electrons. The second-order valence-corrected chi connectivity index (χ2v) is 3.31. The van der Waals surface area contributed by atoms with E-state index < -0.39 is 0 Å². The maximum absolute atomic E-state index is 5.57. The summed E-state index contributed by atoms with van der Waals surface area (Å²) in [6.07, 6.45) is 0.248. The highest BCUT2D eigenvalue weighted by Crippen LogP contribution is 2.24. The van der Waals surface area contributed by atoms with Crippen LogP contribution >= 0.6 is 0 Å². The van der Waals surface area contributed by atoms with E-state index in [4.69, 9.17) is 4.74 Å². The van der Waals surface area contributed by atoms with Gasteiger partial charge in [-0.15, -0.1) is 0 Å². The van der Waals surface area contributed by atoms with Gasteiger partial charge in [-0.3, -0.25) is 10.6 Å². The molecule has 0 amide bonds. The molecule has 1 aliphatic rings. The Kier molecular flexibility index (Phi) is 3.01. The van der Waals surface area contributed by atoms with E-state index in [0.29, 0.717) is 6.61 Å². The van der Waals surface area contributed by atoms with Gasteiger partial charge in [0.25, 0.3) is 0 Å². The van der Waals surface area contributed by atoms with E-state index in [2.05, 4.69) is 16.7 Å². The molecule has 0 atom stereocenters. The zero-order valence-electron chi connectivity index (χ0n) is 8.42. The van der Waals surface area contributed by atoms with E-state index >= 15 is 0 Å². The quantitative estimate of drug-likeness (QED) is 0.756. The molecule has 14 heavy (non-hydrogen) atoms. The van der Waals surface area contributed by atoms with Crippen LogP contribution in [0, 0.1) is 0 Å². The molecule has 1 fully saturated rings. The molecule has 1 heterocycles. The van der Waals surface area contributed by atoms with Crippen LogP contribution in [-0.4, -0.2) is 19.7 Å². The molecule has 1 aromatic carbocycles. The normalized spacial score (nSPS) is 17.2. The van der Waals surface area contributed by atoms with Crippen LogP contribution in [0.25, 0.3) is 0 Å². The molecule has 0 aliphatic carbocycles. The molecule has 2 N–H and O–H groups in total. The number of rotatable bonds is 3. The summed E-state index contributed by atoms with van der Waals surface area (Å²) in [5.41, 5.74) is 1.20. The van der Waals surface area contributed by atoms with Crippen molar-refractivity contribution >= 4 is 0 Å². The van der Waals surface area contributed by atoms with Crippen molar-refractivity contribution in [2.75, 3.05) is 19.7 Å². The second-order valence-electron chi connectivity index (χ2n) is 3.31. The van der Waals surface area contributed by atoms with Crippen LogP contribution in [0.5, 0.6) is 5.75 Å². The molecule has 0 bridgehead atoms. The molecule has 76 valence electrons. The average Bonchev–Trinajstić information content (AvgIpc) is 2.72. The van der Waals surface area contributed by atoms with Crippen molar-refractivity contribution < 1.29 is 4.74 Å². The summed E-state index contributed by atoms with van der Waals surface area (Å²) in [6, 6.07) is 8.16. The van der Waals surface area contributed by atoms with Gasteiger partial charge in [-0.1, -0.05) is 18.2 Å². The third-order valence-corrected chi connectivity index (χ3v) is 2.35. The van der Waals surface area contributed by atoms with Gasteiger partial charge in [0.05, 0.1) is 12.8 Å². The Hall–Kier alpha value is -1.06. The lowest BCUT2D eigenvalue weighted by Gasteiger charge is -2.15. The van der Waals surface area contributed by atoms with Crippen molar-refractivity contribution in [1.29, 1.82) is 0 Å². The van der Waals surface area contributed by atoms with Crippen molar-refractivity contribution in [2.24, 2.45) is 0 Å². The zero-order chi connectivity index (χ0) is 9.80. The minimum atomic E-state index is 0.248. The molecule has 1 aromatic rings. The molecule has 0 spiro atoms. The predicted molar refractivity (Wildman–Crippen MR) is 56.4 cm³/mol. The van der Waals surface area contributed by atoms with Crippen LogP contribution in [0.2, 0.25) is 0 Å². The summed E-state index contributed by atoms with van der Waals surface area (Å²) in [5, 5.41) is 6.76. The van der Waals surface area contributed by atoms with E-state index in [-0.39, 0.29) is 6.17 Å². The predicted octanol–water partition coefficient (Wildman–Crippen LogP) is 1.28. The highest BCUT2D eigenvalue weighted by atomic mass is 16.5. The number of hydrogen-bond donors (Lipinski definition) is 2. The third-order valence-electron chi connectivity index (χ3n) is 2.35. The topological polar surface area (TPSA) is 33.3 Å². The SMILES string of the molecule is CCOc1ccccc1C1NCCN1. The molecule has 3 nitrogen and oxygen atoms in total. The molecular formula is C11H16N2O.